The maximum absolute atomic E-state index is 4.24. The number of aromatic nitrogens is 1. The van der Waals surface area contributed by atoms with Gasteiger partial charge in [0.25, 0.3) is 0 Å². The van der Waals surface area contributed by atoms with Crippen LogP contribution in [0.15, 0.2) is 18.3 Å². The largest absolute Gasteiger partial charge is 0.309 e. The molecular formula is C11H16N2S. The van der Waals surface area contributed by atoms with Gasteiger partial charge in [-0.2, -0.15) is 0 Å². The second-order valence-electron chi connectivity index (χ2n) is 3.71. The van der Waals surface area contributed by atoms with Gasteiger partial charge in [-0.25, -0.2) is 4.98 Å². The Balaban J connectivity index is 1.79. The average Bonchev–Trinajstić information content (AvgIpc) is 2.63. The van der Waals surface area contributed by atoms with Crippen LogP contribution in [0.2, 0.25) is 0 Å². The van der Waals surface area contributed by atoms with Gasteiger partial charge in [0.05, 0.1) is 5.01 Å². The van der Waals surface area contributed by atoms with Gasteiger partial charge in [0.2, 0.25) is 0 Å². The third-order valence-corrected chi connectivity index (χ3v) is 3.42. The Bertz CT molecular complexity index is 317. The van der Waals surface area contributed by atoms with Crippen molar-refractivity contribution < 1.29 is 0 Å². The van der Waals surface area contributed by atoms with E-state index in [1.54, 1.807) is 11.3 Å². The van der Waals surface area contributed by atoms with E-state index in [0.29, 0.717) is 6.04 Å². The summed E-state index contributed by atoms with van der Waals surface area (Å²) in [4.78, 5) is 5.59. The lowest BCUT2D eigenvalue weighted by atomic mass is 10.0. The maximum atomic E-state index is 4.24. The quantitative estimate of drug-likeness (QED) is 0.772. The van der Waals surface area contributed by atoms with Crippen molar-refractivity contribution in [3.05, 3.63) is 28.2 Å². The second kappa shape index (κ2) is 4.71. The fourth-order valence-electron chi connectivity index (χ4n) is 1.71. The SMILES string of the molecule is Cc1ncc(CNC2CC=CCC2)s1. The molecule has 1 aromatic rings. The molecule has 76 valence electrons. The lowest BCUT2D eigenvalue weighted by Crippen LogP contribution is -2.28. The molecular weight excluding hydrogens is 192 g/mol. The molecule has 0 spiro atoms. The van der Waals surface area contributed by atoms with Crippen LogP contribution in [0.4, 0.5) is 0 Å². The average molecular weight is 208 g/mol. The van der Waals surface area contributed by atoms with Gasteiger partial charge in [-0.05, 0) is 26.2 Å². The van der Waals surface area contributed by atoms with Crippen LogP contribution in [0, 0.1) is 6.92 Å². The first kappa shape index (κ1) is 9.87. The Kier molecular flexibility index (Phi) is 3.32. The lowest BCUT2D eigenvalue weighted by Gasteiger charge is -2.18. The second-order valence-corrected chi connectivity index (χ2v) is 5.03. The van der Waals surface area contributed by atoms with Crippen molar-refractivity contribution in [1.29, 1.82) is 0 Å². The van der Waals surface area contributed by atoms with E-state index in [9.17, 15) is 0 Å². The van der Waals surface area contributed by atoms with Gasteiger partial charge in [-0.15, -0.1) is 11.3 Å². The summed E-state index contributed by atoms with van der Waals surface area (Å²) in [5.41, 5.74) is 0. The van der Waals surface area contributed by atoms with Crippen molar-refractivity contribution >= 4 is 11.3 Å². The van der Waals surface area contributed by atoms with Gasteiger partial charge >= 0.3 is 0 Å². The summed E-state index contributed by atoms with van der Waals surface area (Å²) in [5, 5.41) is 4.73. The van der Waals surface area contributed by atoms with Gasteiger partial charge in [0, 0.05) is 23.7 Å². The van der Waals surface area contributed by atoms with Crippen LogP contribution in [-0.2, 0) is 6.54 Å². The summed E-state index contributed by atoms with van der Waals surface area (Å²) in [6, 6.07) is 0.669. The van der Waals surface area contributed by atoms with E-state index < -0.39 is 0 Å². The molecule has 2 rings (SSSR count). The zero-order valence-electron chi connectivity index (χ0n) is 8.49. The molecule has 1 aromatic heterocycles. The van der Waals surface area contributed by atoms with E-state index in [2.05, 4.69) is 29.4 Å². The molecule has 0 radical (unpaired) electrons. The molecule has 0 amide bonds. The van der Waals surface area contributed by atoms with Crippen molar-refractivity contribution in [2.75, 3.05) is 0 Å². The molecule has 1 aliphatic rings. The lowest BCUT2D eigenvalue weighted by molar-refractivity contribution is 0.476. The highest BCUT2D eigenvalue weighted by atomic mass is 32.1. The Morgan fingerprint density at radius 1 is 1.57 bits per heavy atom. The van der Waals surface area contributed by atoms with Crippen LogP contribution in [0.5, 0.6) is 0 Å². The number of allylic oxidation sites excluding steroid dienone is 1. The Morgan fingerprint density at radius 2 is 2.50 bits per heavy atom. The molecule has 0 aliphatic heterocycles. The molecule has 3 heteroatoms. The van der Waals surface area contributed by atoms with E-state index in [-0.39, 0.29) is 0 Å². The summed E-state index contributed by atoms with van der Waals surface area (Å²) in [6.07, 6.45) is 10.2. The van der Waals surface area contributed by atoms with E-state index in [0.717, 1.165) is 11.6 Å². The standard InChI is InChI=1S/C11H16N2S/c1-9-12-7-11(14-9)8-13-10-5-3-2-4-6-10/h2-3,7,10,13H,4-6,8H2,1H3. The monoisotopic (exact) mass is 208 g/mol. The number of hydrogen-bond donors (Lipinski definition) is 1. The van der Waals surface area contributed by atoms with Gasteiger partial charge < -0.3 is 5.32 Å². The molecule has 1 heterocycles. The Hall–Kier alpha value is -0.670. The third kappa shape index (κ3) is 2.66. The predicted molar refractivity (Wildman–Crippen MR) is 60.5 cm³/mol. The molecule has 0 bridgehead atoms. The van der Waals surface area contributed by atoms with E-state index >= 15 is 0 Å². The summed E-state index contributed by atoms with van der Waals surface area (Å²) in [7, 11) is 0. The van der Waals surface area contributed by atoms with Crippen LogP contribution < -0.4 is 5.32 Å². The highest BCUT2D eigenvalue weighted by molar-refractivity contribution is 7.11. The highest BCUT2D eigenvalue weighted by Gasteiger charge is 2.09. The van der Waals surface area contributed by atoms with Crippen LogP contribution in [0.25, 0.3) is 0 Å². The van der Waals surface area contributed by atoms with Crippen molar-refractivity contribution in [3.63, 3.8) is 0 Å². The van der Waals surface area contributed by atoms with Crippen LogP contribution in [0.1, 0.15) is 29.1 Å². The number of thiazole rings is 1. The first-order valence-corrected chi connectivity index (χ1v) is 5.96. The Morgan fingerprint density at radius 3 is 3.14 bits per heavy atom. The number of nitrogens with one attached hydrogen (secondary N) is 1. The van der Waals surface area contributed by atoms with Gasteiger partial charge in [0.1, 0.15) is 0 Å². The molecule has 0 saturated heterocycles. The minimum Gasteiger partial charge on any atom is -0.309 e. The maximum Gasteiger partial charge on any atom is 0.0897 e. The van der Waals surface area contributed by atoms with E-state index in [4.69, 9.17) is 0 Å². The number of rotatable bonds is 3. The normalized spacial score (nSPS) is 21.4. The molecule has 2 nitrogen and oxygen atoms in total. The van der Waals surface area contributed by atoms with Gasteiger partial charge in [-0.1, -0.05) is 12.2 Å². The first-order chi connectivity index (χ1) is 6.84. The van der Waals surface area contributed by atoms with E-state index in [1.807, 2.05) is 6.20 Å². The van der Waals surface area contributed by atoms with Crippen molar-refractivity contribution in [3.8, 4) is 0 Å². The van der Waals surface area contributed by atoms with Crippen LogP contribution in [0.3, 0.4) is 0 Å². The summed E-state index contributed by atoms with van der Waals surface area (Å²) >= 11 is 1.78. The minimum absolute atomic E-state index is 0.669. The first-order valence-electron chi connectivity index (χ1n) is 5.14. The molecule has 14 heavy (non-hydrogen) atoms. The van der Waals surface area contributed by atoms with Crippen LogP contribution in [-0.4, -0.2) is 11.0 Å². The number of nitrogens with zero attached hydrogens (tertiary/aromatic N) is 1. The smallest absolute Gasteiger partial charge is 0.0897 e. The highest BCUT2D eigenvalue weighted by Crippen LogP contribution is 2.14. The summed E-state index contributed by atoms with van der Waals surface area (Å²) in [6.45, 7) is 3.03. The summed E-state index contributed by atoms with van der Waals surface area (Å²) < 4.78 is 0. The minimum atomic E-state index is 0.669. The zero-order chi connectivity index (χ0) is 9.80. The predicted octanol–water partition coefficient (Wildman–Crippen LogP) is 2.65. The fourth-order valence-corrected chi connectivity index (χ4v) is 2.46. The van der Waals surface area contributed by atoms with Crippen molar-refractivity contribution in [2.45, 2.75) is 38.8 Å². The zero-order valence-corrected chi connectivity index (χ0v) is 9.31. The van der Waals surface area contributed by atoms with Crippen molar-refractivity contribution in [1.82, 2.24) is 10.3 Å². The molecule has 1 aliphatic carbocycles. The van der Waals surface area contributed by atoms with Gasteiger partial charge in [-0.3, -0.25) is 0 Å². The molecule has 0 fully saturated rings. The topological polar surface area (TPSA) is 24.9 Å². The molecule has 1 N–H and O–H groups in total. The van der Waals surface area contributed by atoms with E-state index in [1.165, 1.54) is 24.1 Å². The molecule has 0 aromatic carbocycles. The molecule has 1 atom stereocenters. The number of aryl methyl sites for hydroxylation is 1. The number of hydrogen-bond acceptors (Lipinski definition) is 3. The Labute approximate surface area is 89.1 Å². The molecule has 1 unspecified atom stereocenters. The summed E-state index contributed by atoms with van der Waals surface area (Å²) in [5.74, 6) is 0. The third-order valence-electron chi connectivity index (χ3n) is 2.50. The molecule has 0 saturated carbocycles. The van der Waals surface area contributed by atoms with Crippen LogP contribution >= 0.6 is 11.3 Å². The van der Waals surface area contributed by atoms with Crippen molar-refractivity contribution in [2.24, 2.45) is 0 Å². The fraction of sp³-hybridized carbons (Fsp3) is 0.545. The van der Waals surface area contributed by atoms with Gasteiger partial charge in [0.15, 0.2) is 0 Å².